The largest absolute Gasteiger partial charge is 0.493 e. The van der Waals surface area contributed by atoms with E-state index in [2.05, 4.69) is 5.32 Å². The number of carbonyl (C=O) groups excluding carboxylic acids is 2. The van der Waals surface area contributed by atoms with E-state index in [4.69, 9.17) is 32.7 Å². The van der Waals surface area contributed by atoms with Gasteiger partial charge in [-0.2, -0.15) is 0 Å². The monoisotopic (exact) mass is 725 g/mol. The Labute approximate surface area is 298 Å². The number of nitrogens with one attached hydrogen (secondary N) is 1. The topological polar surface area (TPSA) is 105 Å². The third-order valence-electron chi connectivity index (χ3n) is 8.17. The van der Waals surface area contributed by atoms with E-state index in [9.17, 15) is 18.0 Å². The number of ether oxygens (including phenoxy) is 2. The van der Waals surface area contributed by atoms with Gasteiger partial charge in [0.2, 0.25) is 11.8 Å². The van der Waals surface area contributed by atoms with Gasteiger partial charge in [-0.05, 0) is 67.8 Å². The van der Waals surface area contributed by atoms with Crippen LogP contribution in [0.1, 0.15) is 37.0 Å². The number of anilines is 1. The van der Waals surface area contributed by atoms with Crippen LogP contribution >= 0.6 is 23.2 Å². The van der Waals surface area contributed by atoms with Gasteiger partial charge in [-0.25, -0.2) is 8.42 Å². The summed E-state index contributed by atoms with van der Waals surface area (Å²) in [6, 6.07) is 24.0. The van der Waals surface area contributed by atoms with Crippen molar-refractivity contribution in [3.8, 4) is 11.5 Å². The number of sulfonamides is 1. The molecule has 0 aromatic heterocycles. The maximum absolute atomic E-state index is 14.7. The summed E-state index contributed by atoms with van der Waals surface area (Å²) in [4.78, 5) is 30.1. The maximum atomic E-state index is 14.7. The van der Waals surface area contributed by atoms with Crippen molar-refractivity contribution in [3.05, 3.63) is 118 Å². The SMILES string of the molecule is CC[C@@H](C)NC(=O)[C@@H](Cc1ccccc1)N(Cc1ccc(Cl)cc1Cl)C(=O)CN(c1ccc(OC)c(OC)c1)S(=O)(=O)c1ccc(C)cc1. The van der Waals surface area contributed by atoms with Gasteiger partial charge in [0.25, 0.3) is 10.0 Å². The highest BCUT2D eigenvalue weighted by Gasteiger charge is 2.35. The molecule has 0 aliphatic carbocycles. The highest BCUT2D eigenvalue weighted by molar-refractivity contribution is 7.92. The first-order valence-corrected chi connectivity index (χ1v) is 18.0. The average Bonchev–Trinajstić information content (AvgIpc) is 3.09. The van der Waals surface area contributed by atoms with Gasteiger partial charge in [0.15, 0.2) is 11.5 Å². The first-order valence-electron chi connectivity index (χ1n) is 15.8. The second-order valence-corrected chi connectivity index (χ2v) is 14.4. The fourth-order valence-electron chi connectivity index (χ4n) is 5.17. The second-order valence-electron chi connectivity index (χ2n) is 11.6. The van der Waals surface area contributed by atoms with Crippen LogP contribution in [0, 0.1) is 6.92 Å². The molecule has 0 heterocycles. The van der Waals surface area contributed by atoms with Crippen molar-refractivity contribution in [1.29, 1.82) is 0 Å². The zero-order chi connectivity index (χ0) is 35.7. The van der Waals surface area contributed by atoms with Gasteiger partial charge in [-0.15, -0.1) is 0 Å². The Bertz CT molecular complexity index is 1860. The van der Waals surface area contributed by atoms with E-state index < -0.39 is 28.5 Å². The van der Waals surface area contributed by atoms with E-state index in [1.807, 2.05) is 51.1 Å². The van der Waals surface area contributed by atoms with Gasteiger partial charge in [0, 0.05) is 35.1 Å². The fraction of sp³-hybridized carbons (Fsp3) is 0.297. The Morgan fingerprint density at radius 2 is 1.55 bits per heavy atom. The third kappa shape index (κ3) is 9.47. The van der Waals surface area contributed by atoms with Crippen molar-refractivity contribution >= 4 is 50.7 Å². The van der Waals surface area contributed by atoms with Crippen LogP contribution in [0.5, 0.6) is 11.5 Å². The van der Waals surface area contributed by atoms with Crippen LogP contribution in [0.25, 0.3) is 0 Å². The molecule has 4 aromatic carbocycles. The highest BCUT2D eigenvalue weighted by atomic mass is 35.5. The molecule has 0 fully saturated rings. The minimum atomic E-state index is -4.31. The van der Waals surface area contributed by atoms with Crippen LogP contribution in [0.2, 0.25) is 10.0 Å². The molecule has 0 unspecified atom stereocenters. The summed E-state index contributed by atoms with van der Waals surface area (Å²) >= 11 is 12.8. The van der Waals surface area contributed by atoms with Crippen molar-refractivity contribution in [2.45, 2.75) is 57.1 Å². The van der Waals surface area contributed by atoms with E-state index in [1.54, 1.807) is 36.4 Å². The normalized spacial score (nSPS) is 12.5. The summed E-state index contributed by atoms with van der Waals surface area (Å²) in [5, 5.41) is 3.73. The van der Waals surface area contributed by atoms with Gasteiger partial charge >= 0.3 is 0 Å². The maximum Gasteiger partial charge on any atom is 0.264 e. The fourth-order valence-corrected chi connectivity index (χ4v) is 7.05. The summed E-state index contributed by atoms with van der Waals surface area (Å²) in [6.07, 6.45) is 0.837. The van der Waals surface area contributed by atoms with Gasteiger partial charge in [-0.1, -0.05) is 84.2 Å². The van der Waals surface area contributed by atoms with Crippen molar-refractivity contribution in [2.75, 3.05) is 25.1 Å². The summed E-state index contributed by atoms with van der Waals surface area (Å²) in [5.74, 6) is -0.349. The Hall–Kier alpha value is -4.25. The van der Waals surface area contributed by atoms with Crippen molar-refractivity contribution in [3.63, 3.8) is 0 Å². The Morgan fingerprint density at radius 1 is 0.878 bits per heavy atom. The lowest BCUT2D eigenvalue weighted by Crippen LogP contribution is -2.54. The molecule has 0 radical (unpaired) electrons. The molecule has 0 aliphatic heterocycles. The summed E-state index contributed by atoms with van der Waals surface area (Å²) in [5.41, 5.74) is 2.39. The Balaban J connectivity index is 1.87. The van der Waals surface area contributed by atoms with Gasteiger partial charge < -0.3 is 19.7 Å². The molecule has 2 amide bonds. The molecule has 260 valence electrons. The number of hydrogen-bond acceptors (Lipinski definition) is 6. The van der Waals surface area contributed by atoms with Gasteiger partial charge in [0.1, 0.15) is 12.6 Å². The lowest BCUT2D eigenvalue weighted by Gasteiger charge is -2.34. The number of amides is 2. The molecular formula is C37H41Cl2N3O6S. The molecule has 0 spiro atoms. The zero-order valence-electron chi connectivity index (χ0n) is 28.2. The molecule has 0 saturated carbocycles. The molecular weight excluding hydrogens is 685 g/mol. The number of nitrogens with zero attached hydrogens (tertiary/aromatic N) is 2. The molecule has 9 nitrogen and oxygen atoms in total. The predicted octanol–water partition coefficient (Wildman–Crippen LogP) is 7.07. The molecule has 49 heavy (non-hydrogen) atoms. The molecule has 12 heteroatoms. The number of halogens is 2. The standard InChI is InChI=1S/C37H41Cl2N3O6S/c1-6-26(3)40-37(44)33(20-27-10-8-7-9-11-27)41(23-28-14-15-29(38)21-32(28)39)36(43)24-42(30-16-19-34(47-4)35(22-30)48-5)49(45,46)31-17-12-25(2)13-18-31/h7-19,21-22,26,33H,6,20,23-24H2,1-5H3,(H,40,44)/t26-,33-/m1/s1. The Kier molecular flexibility index (Phi) is 13.0. The van der Waals surface area contributed by atoms with Crippen LogP contribution in [-0.2, 0) is 32.6 Å². The number of methoxy groups -OCH3 is 2. The molecule has 0 aliphatic rings. The quantitative estimate of drug-likeness (QED) is 0.141. The summed E-state index contributed by atoms with van der Waals surface area (Å²) in [6.45, 7) is 4.95. The summed E-state index contributed by atoms with van der Waals surface area (Å²) < 4.78 is 40.6. The number of benzene rings is 4. The lowest BCUT2D eigenvalue weighted by molar-refractivity contribution is -0.140. The Morgan fingerprint density at radius 3 is 2.16 bits per heavy atom. The van der Waals surface area contributed by atoms with Crippen molar-refractivity contribution in [1.82, 2.24) is 10.2 Å². The first-order chi connectivity index (χ1) is 23.4. The van der Waals surface area contributed by atoms with Crippen LogP contribution in [0.15, 0.2) is 95.9 Å². The lowest BCUT2D eigenvalue weighted by atomic mass is 10.0. The molecule has 2 atom stereocenters. The van der Waals surface area contributed by atoms with Gasteiger partial charge in [-0.3, -0.25) is 13.9 Å². The minimum Gasteiger partial charge on any atom is -0.493 e. The third-order valence-corrected chi connectivity index (χ3v) is 10.5. The number of rotatable bonds is 15. The van der Waals surface area contributed by atoms with E-state index >= 15 is 0 Å². The molecule has 4 aromatic rings. The summed E-state index contributed by atoms with van der Waals surface area (Å²) in [7, 11) is -1.40. The predicted molar refractivity (Wildman–Crippen MR) is 194 cm³/mol. The van der Waals surface area contributed by atoms with Crippen molar-refractivity contribution < 1.29 is 27.5 Å². The van der Waals surface area contributed by atoms with Crippen LogP contribution in [0.3, 0.4) is 0 Å². The minimum absolute atomic E-state index is 0.0108. The molecule has 4 rings (SSSR count). The smallest absolute Gasteiger partial charge is 0.264 e. The van der Waals surface area contributed by atoms with Gasteiger partial charge in [0.05, 0.1) is 24.8 Å². The van der Waals surface area contributed by atoms with Crippen LogP contribution in [-0.4, -0.2) is 58.0 Å². The second kappa shape index (κ2) is 16.9. The first kappa shape index (κ1) is 37.6. The average molecular weight is 727 g/mol. The van der Waals surface area contributed by atoms with E-state index in [-0.39, 0.29) is 41.2 Å². The number of aryl methyl sites for hydroxylation is 1. The van der Waals surface area contributed by atoms with E-state index in [0.29, 0.717) is 27.8 Å². The van der Waals surface area contributed by atoms with Crippen LogP contribution in [0.4, 0.5) is 5.69 Å². The van der Waals surface area contributed by atoms with Crippen LogP contribution < -0.4 is 19.1 Å². The van der Waals surface area contributed by atoms with Crippen molar-refractivity contribution in [2.24, 2.45) is 0 Å². The number of carbonyl (C=O) groups is 2. The highest BCUT2D eigenvalue weighted by Crippen LogP contribution is 2.34. The van der Waals surface area contributed by atoms with E-state index in [1.165, 1.54) is 43.4 Å². The molecule has 0 saturated heterocycles. The molecule has 0 bridgehead atoms. The van der Waals surface area contributed by atoms with E-state index in [0.717, 1.165) is 15.4 Å². The zero-order valence-corrected chi connectivity index (χ0v) is 30.5. The molecule has 1 N–H and O–H groups in total. The number of hydrogen-bond donors (Lipinski definition) is 1.